The third kappa shape index (κ3) is 4.90. The molecule has 0 spiro atoms. The van der Waals surface area contributed by atoms with E-state index in [1.54, 1.807) is 29.1 Å². The third-order valence-electron chi connectivity index (χ3n) is 3.78. The zero-order chi connectivity index (χ0) is 18.9. The minimum Gasteiger partial charge on any atom is -0.403 e. The summed E-state index contributed by atoms with van der Waals surface area (Å²) in [5, 5.41) is 2.83. The van der Waals surface area contributed by atoms with Crippen molar-refractivity contribution in [3.63, 3.8) is 0 Å². The number of rotatable bonds is 7. The fourth-order valence-electron chi connectivity index (χ4n) is 2.32. The van der Waals surface area contributed by atoms with Gasteiger partial charge in [-0.2, -0.15) is 0 Å². The first kappa shape index (κ1) is 19.1. The van der Waals surface area contributed by atoms with Gasteiger partial charge in [0.2, 0.25) is 0 Å². The number of imidazole rings is 1. The molecule has 7 heteroatoms. The maximum absolute atomic E-state index is 12.5. The van der Waals surface area contributed by atoms with Crippen LogP contribution in [0.5, 0.6) is 0 Å². The quantitative estimate of drug-likeness (QED) is 0.521. The van der Waals surface area contributed by atoms with Crippen molar-refractivity contribution in [1.82, 2.24) is 14.7 Å². The first-order valence-corrected chi connectivity index (χ1v) is 8.27. The predicted octanol–water partition coefficient (Wildman–Crippen LogP) is 1.79. The Kier molecular flexibility index (Phi) is 6.87. The van der Waals surface area contributed by atoms with Gasteiger partial charge in [0.1, 0.15) is 0 Å². The molecule has 0 aliphatic carbocycles. The summed E-state index contributed by atoms with van der Waals surface area (Å²) in [4.78, 5) is 20.9. The van der Waals surface area contributed by atoms with Crippen LogP contribution in [0.4, 0.5) is 0 Å². The van der Waals surface area contributed by atoms with Crippen LogP contribution in [0.3, 0.4) is 0 Å². The average molecular weight is 352 g/mol. The van der Waals surface area contributed by atoms with Crippen molar-refractivity contribution in [3.05, 3.63) is 72.1 Å². The summed E-state index contributed by atoms with van der Waals surface area (Å²) in [5.41, 5.74) is 14.9. The van der Waals surface area contributed by atoms with Crippen molar-refractivity contribution in [2.45, 2.75) is 13.8 Å². The molecule has 0 aliphatic rings. The molecule has 0 saturated heterocycles. The second-order valence-electron chi connectivity index (χ2n) is 5.60. The van der Waals surface area contributed by atoms with E-state index < -0.39 is 0 Å². The van der Waals surface area contributed by atoms with Crippen LogP contribution in [0.2, 0.25) is 0 Å². The second kappa shape index (κ2) is 9.33. The molecule has 0 saturated carbocycles. The molecule has 7 nitrogen and oxygen atoms in total. The summed E-state index contributed by atoms with van der Waals surface area (Å²) in [6, 6.07) is 3.55. The Morgan fingerprint density at radius 1 is 1.42 bits per heavy atom. The average Bonchev–Trinajstić information content (AvgIpc) is 3.14. The lowest BCUT2D eigenvalue weighted by molar-refractivity contribution is 0.0958. The van der Waals surface area contributed by atoms with Gasteiger partial charge in [-0.15, -0.1) is 0 Å². The van der Waals surface area contributed by atoms with Gasteiger partial charge in [0, 0.05) is 24.7 Å². The zero-order valence-electron chi connectivity index (χ0n) is 15.0. The lowest BCUT2D eigenvalue weighted by atomic mass is 10.2. The number of aliphatic imine (C=N–C) groups is 1. The molecule has 2 aromatic rings. The Balaban J connectivity index is 2.03. The fraction of sp³-hybridized carbons (Fsp3) is 0.211. The molecule has 0 aliphatic heterocycles. The molecule has 2 aromatic heterocycles. The molecular weight excluding hydrogens is 328 g/mol. The Morgan fingerprint density at radius 3 is 2.92 bits per heavy atom. The molecule has 2 heterocycles. The first-order valence-electron chi connectivity index (χ1n) is 8.27. The van der Waals surface area contributed by atoms with E-state index in [1.807, 2.05) is 38.3 Å². The standard InChI is InChI=1S/C19H24N6O/c1-3-15(9-20)7-6-14(2)24-16(10-21)11-23-19(26)17-5-4-8-25-13-22-12-18(17)25/h3-8,10,12-13H,9,11,20-21H2,1-2H3,(H,23,26)/b7-6-,15-3+,16-10-,24-14+. The van der Waals surface area contributed by atoms with E-state index in [2.05, 4.69) is 15.3 Å². The highest BCUT2D eigenvalue weighted by atomic mass is 16.1. The van der Waals surface area contributed by atoms with E-state index >= 15 is 0 Å². The van der Waals surface area contributed by atoms with Crippen LogP contribution in [-0.2, 0) is 0 Å². The number of aromatic nitrogens is 2. The molecule has 0 bridgehead atoms. The normalized spacial score (nSPS) is 13.6. The number of nitrogens with two attached hydrogens (primary N) is 2. The predicted molar refractivity (Wildman–Crippen MR) is 105 cm³/mol. The van der Waals surface area contributed by atoms with E-state index in [-0.39, 0.29) is 12.5 Å². The first-order chi connectivity index (χ1) is 12.6. The van der Waals surface area contributed by atoms with E-state index in [9.17, 15) is 4.79 Å². The molecule has 0 radical (unpaired) electrons. The molecule has 0 unspecified atom stereocenters. The minimum atomic E-state index is -0.210. The molecule has 0 aromatic carbocycles. The maximum Gasteiger partial charge on any atom is 0.253 e. The Labute approximate surface area is 152 Å². The van der Waals surface area contributed by atoms with E-state index in [4.69, 9.17) is 11.5 Å². The minimum absolute atomic E-state index is 0.210. The molecule has 0 atom stereocenters. The van der Waals surface area contributed by atoms with Crippen LogP contribution in [0.25, 0.3) is 5.52 Å². The Hall–Kier alpha value is -3.19. The van der Waals surface area contributed by atoms with Crippen LogP contribution in [0, 0.1) is 0 Å². The third-order valence-corrected chi connectivity index (χ3v) is 3.78. The number of allylic oxidation sites excluding steroid dienone is 2. The fourth-order valence-corrected chi connectivity index (χ4v) is 2.32. The summed E-state index contributed by atoms with van der Waals surface area (Å²) >= 11 is 0. The van der Waals surface area contributed by atoms with Gasteiger partial charge < -0.3 is 21.2 Å². The van der Waals surface area contributed by atoms with Crippen molar-refractivity contribution < 1.29 is 4.79 Å². The van der Waals surface area contributed by atoms with Gasteiger partial charge in [-0.25, -0.2) is 4.98 Å². The highest BCUT2D eigenvalue weighted by Gasteiger charge is 2.10. The number of amides is 1. The van der Waals surface area contributed by atoms with Gasteiger partial charge in [-0.3, -0.25) is 9.79 Å². The summed E-state index contributed by atoms with van der Waals surface area (Å²) < 4.78 is 1.79. The Bertz CT molecular complexity index is 888. The summed E-state index contributed by atoms with van der Waals surface area (Å²) in [6.07, 6.45) is 12.2. The SMILES string of the molecule is C\C=C(/C=C\C(C)=N\C(=C/N)CNC(=O)c1cccn2cncc12)CN. The van der Waals surface area contributed by atoms with Crippen LogP contribution < -0.4 is 16.8 Å². The smallest absolute Gasteiger partial charge is 0.253 e. The number of carbonyl (C=O) groups excluding carboxylic acids is 1. The molecule has 136 valence electrons. The van der Waals surface area contributed by atoms with E-state index in [1.165, 1.54) is 6.20 Å². The van der Waals surface area contributed by atoms with Gasteiger partial charge in [-0.05, 0) is 37.6 Å². The van der Waals surface area contributed by atoms with E-state index in [0.717, 1.165) is 16.8 Å². The van der Waals surface area contributed by atoms with Crippen molar-refractivity contribution >= 4 is 17.1 Å². The molecule has 26 heavy (non-hydrogen) atoms. The number of nitrogens with one attached hydrogen (secondary N) is 1. The van der Waals surface area contributed by atoms with Crippen molar-refractivity contribution in [1.29, 1.82) is 0 Å². The largest absolute Gasteiger partial charge is 0.403 e. The monoisotopic (exact) mass is 352 g/mol. The highest BCUT2D eigenvalue weighted by Crippen LogP contribution is 2.10. The van der Waals surface area contributed by atoms with Gasteiger partial charge >= 0.3 is 0 Å². The summed E-state index contributed by atoms with van der Waals surface area (Å²) in [7, 11) is 0. The number of hydrogen-bond donors (Lipinski definition) is 3. The lowest BCUT2D eigenvalue weighted by Gasteiger charge is -2.07. The zero-order valence-corrected chi connectivity index (χ0v) is 15.0. The molecule has 1 amide bonds. The lowest BCUT2D eigenvalue weighted by Crippen LogP contribution is -2.26. The number of nitrogens with zero attached hydrogens (tertiary/aromatic N) is 3. The molecule has 0 fully saturated rings. The van der Waals surface area contributed by atoms with Crippen molar-refractivity contribution in [3.8, 4) is 0 Å². The van der Waals surface area contributed by atoms with Crippen LogP contribution >= 0.6 is 0 Å². The number of pyridine rings is 1. The van der Waals surface area contributed by atoms with Crippen LogP contribution in [0.15, 0.2) is 71.5 Å². The number of hydrogen-bond acceptors (Lipinski definition) is 5. The van der Waals surface area contributed by atoms with E-state index in [0.29, 0.717) is 17.8 Å². The summed E-state index contributed by atoms with van der Waals surface area (Å²) in [6.45, 7) is 4.48. The summed E-state index contributed by atoms with van der Waals surface area (Å²) in [5.74, 6) is -0.210. The van der Waals surface area contributed by atoms with Gasteiger partial charge in [0.15, 0.2) is 0 Å². The Morgan fingerprint density at radius 2 is 2.23 bits per heavy atom. The topological polar surface area (TPSA) is 111 Å². The highest BCUT2D eigenvalue weighted by molar-refractivity contribution is 6.00. The molecular formula is C19H24N6O. The van der Waals surface area contributed by atoms with Crippen molar-refractivity contribution in [2.24, 2.45) is 16.5 Å². The van der Waals surface area contributed by atoms with Gasteiger partial charge in [0.25, 0.3) is 5.91 Å². The molecule has 5 N–H and O–H groups in total. The van der Waals surface area contributed by atoms with Crippen molar-refractivity contribution in [2.75, 3.05) is 13.1 Å². The van der Waals surface area contributed by atoms with Crippen LogP contribution in [0.1, 0.15) is 24.2 Å². The second-order valence-corrected chi connectivity index (χ2v) is 5.60. The van der Waals surface area contributed by atoms with Gasteiger partial charge in [0.05, 0.1) is 35.8 Å². The number of fused-ring (bicyclic) bond motifs is 1. The van der Waals surface area contributed by atoms with Gasteiger partial charge in [-0.1, -0.05) is 12.2 Å². The molecule has 2 rings (SSSR count). The maximum atomic E-state index is 12.5. The van der Waals surface area contributed by atoms with Crippen LogP contribution in [-0.4, -0.2) is 34.1 Å². The number of carbonyl (C=O) groups is 1.